The summed E-state index contributed by atoms with van der Waals surface area (Å²) in [7, 11) is 1.77. The molecule has 0 saturated heterocycles. The number of benzene rings is 1. The molecular weight excluding hydrogens is 208 g/mol. The first-order valence-electron chi connectivity index (χ1n) is 6.68. The molecule has 0 aliphatic carbocycles. The lowest BCUT2D eigenvalue weighted by molar-refractivity contribution is 0.174. The first-order chi connectivity index (χ1) is 8.10. The molecule has 1 aromatic carbocycles. The molecule has 0 atom stereocenters. The van der Waals surface area contributed by atoms with Gasteiger partial charge < -0.3 is 4.74 Å². The predicted octanol–water partition coefficient (Wildman–Crippen LogP) is 4.34. The fourth-order valence-corrected chi connectivity index (χ4v) is 2.01. The maximum absolute atomic E-state index is 5.18. The number of ether oxygens (including phenoxy) is 1. The molecule has 96 valence electrons. The highest BCUT2D eigenvalue weighted by molar-refractivity contribution is 5.28. The van der Waals surface area contributed by atoms with Crippen LogP contribution in [0.2, 0.25) is 0 Å². The van der Waals surface area contributed by atoms with Gasteiger partial charge in [-0.15, -0.1) is 0 Å². The van der Waals surface area contributed by atoms with Crippen LogP contribution >= 0.6 is 0 Å². The summed E-state index contributed by atoms with van der Waals surface area (Å²) in [5.41, 5.74) is 3.08. The van der Waals surface area contributed by atoms with Gasteiger partial charge >= 0.3 is 0 Å². The second kappa shape index (κ2) is 6.80. The van der Waals surface area contributed by atoms with E-state index in [1.165, 1.54) is 30.4 Å². The summed E-state index contributed by atoms with van der Waals surface area (Å²) in [6.45, 7) is 7.63. The van der Waals surface area contributed by atoms with Crippen LogP contribution in [0.5, 0.6) is 0 Å². The van der Waals surface area contributed by atoms with E-state index in [-0.39, 0.29) is 5.41 Å². The fraction of sp³-hybridized carbons (Fsp3) is 0.625. The fourth-order valence-electron chi connectivity index (χ4n) is 2.01. The maximum Gasteiger partial charge on any atom is 0.0470 e. The Labute approximate surface area is 106 Å². The molecule has 1 aromatic rings. The first-order valence-corrected chi connectivity index (χ1v) is 6.68. The van der Waals surface area contributed by atoms with Gasteiger partial charge in [-0.3, -0.25) is 0 Å². The first kappa shape index (κ1) is 14.2. The van der Waals surface area contributed by atoms with Gasteiger partial charge in [0.25, 0.3) is 0 Å². The topological polar surface area (TPSA) is 9.23 Å². The minimum atomic E-state index is 0.208. The zero-order valence-corrected chi connectivity index (χ0v) is 11.8. The van der Waals surface area contributed by atoms with Crippen molar-refractivity contribution in [3.8, 4) is 0 Å². The summed E-state index contributed by atoms with van der Waals surface area (Å²) in [5.74, 6) is 0. The maximum atomic E-state index is 5.18. The van der Waals surface area contributed by atoms with Gasteiger partial charge in [0.15, 0.2) is 0 Å². The van der Waals surface area contributed by atoms with Crippen molar-refractivity contribution in [1.82, 2.24) is 0 Å². The zero-order valence-electron chi connectivity index (χ0n) is 11.8. The van der Waals surface area contributed by atoms with E-state index < -0.39 is 0 Å². The van der Waals surface area contributed by atoms with Gasteiger partial charge in [0.05, 0.1) is 0 Å². The normalized spacial score (nSPS) is 11.8. The molecule has 17 heavy (non-hydrogen) atoms. The lowest BCUT2D eigenvalue weighted by Crippen LogP contribution is -2.19. The molecule has 0 N–H and O–H groups in total. The Morgan fingerprint density at radius 2 is 1.76 bits per heavy atom. The van der Waals surface area contributed by atoms with Gasteiger partial charge in [0.2, 0.25) is 0 Å². The van der Waals surface area contributed by atoms with Crippen molar-refractivity contribution in [2.75, 3.05) is 13.7 Å². The Kier molecular flexibility index (Phi) is 5.70. The Morgan fingerprint density at radius 3 is 2.29 bits per heavy atom. The highest BCUT2D eigenvalue weighted by Crippen LogP contribution is 2.27. The summed E-state index contributed by atoms with van der Waals surface area (Å²) in [6, 6.07) is 9.11. The van der Waals surface area contributed by atoms with Gasteiger partial charge in [0, 0.05) is 13.7 Å². The summed E-state index contributed by atoms with van der Waals surface area (Å²) in [6.07, 6.45) is 4.82. The third-order valence-corrected chi connectivity index (χ3v) is 3.49. The SMILES string of the molecule is CCCCc1ccc(C(C)(C)CCOC)cc1. The van der Waals surface area contributed by atoms with Crippen molar-refractivity contribution in [2.24, 2.45) is 0 Å². The Balaban J connectivity index is 2.65. The smallest absolute Gasteiger partial charge is 0.0470 e. The van der Waals surface area contributed by atoms with Gasteiger partial charge in [-0.1, -0.05) is 51.5 Å². The van der Waals surface area contributed by atoms with Crippen LogP contribution in [0.3, 0.4) is 0 Å². The quantitative estimate of drug-likeness (QED) is 0.682. The van der Waals surface area contributed by atoms with Crippen LogP contribution in [0.25, 0.3) is 0 Å². The van der Waals surface area contributed by atoms with Crippen molar-refractivity contribution in [1.29, 1.82) is 0 Å². The molecular formula is C16H26O. The van der Waals surface area contributed by atoms with Gasteiger partial charge in [0.1, 0.15) is 0 Å². The van der Waals surface area contributed by atoms with Crippen LogP contribution in [-0.4, -0.2) is 13.7 Å². The lowest BCUT2D eigenvalue weighted by atomic mass is 9.81. The van der Waals surface area contributed by atoms with Crippen LogP contribution in [0, 0.1) is 0 Å². The molecule has 0 saturated carbocycles. The average molecular weight is 234 g/mol. The summed E-state index contributed by atoms with van der Waals surface area (Å²) in [4.78, 5) is 0. The Hall–Kier alpha value is -0.820. The molecule has 0 radical (unpaired) electrons. The van der Waals surface area contributed by atoms with Crippen LogP contribution in [0.4, 0.5) is 0 Å². The van der Waals surface area contributed by atoms with E-state index >= 15 is 0 Å². The number of rotatable bonds is 7. The van der Waals surface area contributed by atoms with Gasteiger partial charge in [-0.05, 0) is 35.8 Å². The molecule has 1 rings (SSSR count). The minimum absolute atomic E-state index is 0.208. The molecule has 0 aliphatic heterocycles. The lowest BCUT2D eigenvalue weighted by Gasteiger charge is -2.25. The van der Waals surface area contributed by atoms with Crippen molar-refractivity contribution in [3.63, 3.8) is 0 Å². The molecule has 0 heterocycles. The molecule has 0 fully saturated rings. The van der Waals surface area contributed by atoms with Gasteiger partial charge in [-0.25, -0.2) is 0 Å². The minimum Gasteiger partial charge on any atom is -0.385 e. The van der Waals surface area contributed by atoms with E-state index in [1.807, 2.05) is 0 Å². The highest BCUT2D eigenvalue weighted by Gasteiger charge is 2.19. The molecule has 0 bridgehead atoms. The van der Waals surface area contributed by atoms with Crippen molar-refractivity contribution in [2.45, 2.75) is 51.9 Å². The Morgan fingerprint density at radius 1 is 1.12 bits per heavy atom. The second-order valence-corrected chi connectivity index (χ2v) is 5.43. The van der Waals surface area contributed by atoms with E-state index in [2.05, 4.69) is 45.0 Å². The van der Waals surface area contributed by atoms with E-state index in [4.69, 9.17) is 4.74 Å². The summed E-state index contributed by atoms with van der Waals surface area (Å²) >= 11 is 0. The van der Waals surface area contributed by atoms with Crippen molar-refractivity contribution >= 4 is 0 Å². The van der Waals surface area contributed by atoms with Crippen molar-refractivity contribution in [3.05, 3.63) is 35.4 Å². The standard InChI is InChI=1S/C16H26O/c1-5-6-7-14-8-10-15(11-9-14)16(2,3)12-13-17-4/h8-11H,5-7,12-13H2,1-4H3. The van der Waals surface area contributed by atoms with Crippen LogP contribution in [-0.2, 0) is 16.6 Å². The number of methoxy groups -OCH3 is 1. The third kappa shape index (κ3) is 4.51. The van der Waals surface area contributed by atoms with E-state index in [9.17, 15) is 0 Å². The monoisotopic (exact) mass is 234 g/mol. The van der Waals surface area contributed by atoms with Crippen LogP contribution in [0.15, 0.2) is 24.3 Å². The zero-order chi connectivity index (χ0) is 12.7. The molecule has 1 nitrogen and oxygen atoms in total. The third-order valence-electron chi connectivity index (χ3n) is 3.49. The molecule has 0 spiro atoms. The largest absolute Gasteiger partial charge is 0.385 e. The van der Waals surface area contributed by atoms with E-state index in [0.29, 0.717) is 0 Å². The van der Waals surface area contributed by atoms with E-state index in [0.717, 1.165) is 13.0 Å². The summed E-state index contributed by atoms with van der Waals surface area (Å²) in [5, 5.41) is 0. The molecule has 0 amide bonds. The van der Waals surface area contributed by atoms with E-state index in [1.54, 1.807) is 7.11 Å². The molecule has 0 unspecified atom stereocenters. The average Bonchev–Trinajstić information content (AvgIpc) is 2.34. The predicted molar refractivity (Wildman–Crippen MR) is 74.6 cm³/mol. The Bertz CT molecular complexity index is 311. The molecule has 0 aromatic heterocycles. The number of hydrogen-bond donors (Lipinski definition) is 0. The highest BCUT2D eigenvalue weighted by atomic mass is 16.5. The molecule has 1 heteroatoms. The van der Waals surface area contributed by atoms with Crippen molar-refractivity contribution < 1.29 is 4.74 Å². The number of aryl methyl sites for hydroxylation is 1. The summed E-state index contributed by atoms with van der Waals surface area (Å²) < 4.78 is 5.18. The number of unbranched alkanes of at least 4 members (excludes halogenated alkanes) is 1. The number of hydrogen-bond acceptors (Lipinski definition) is 1. The second-order valence-electron chi connectivity index (χ2n) is 5.43. The van der Waals surface area contributed by atoms with Crippen LogP contribution in [0.1, 0.15) is 51.2 Å². The van der Waals surface area contributed by atoms with Crippen LogP contribution < -0.4 is 0 Å². The molecule has 0 aliphatic rings. The van der Waals surface area contributed by atoms with Gasteiger partial charge in [-0.2, -0.15) is 0 Å².